The molecule has 1 amide bonds. The van der Waals surface area contributed by atoms with Crippen molar-refractivity contribution in [1.82, 2.24) is 30.0 Å². The Balaban J connectivity index is 1.31. The van der Waals surface area contributed by atoms with Crippen molar-refractivity contribution in [2.75, 3.05) is 26.3 Å². The van der Waals surface area contributed by atoms with E-state index in [-0.39, 0.29) is 5.91 Å². The molecule has 0 spiro atoms. The summed E-state index contributed by atoms with van der Waals surface area (Å²) in [6, 6.07) is 9.13. The molecule has 29 heavy (non-hydrogen) atoms. The summed E-state index contributed by atoms with van der Waals surface area (Å²) in [4.78, 5) is 18.5. The zero-order chi connectivity index (χ0) is 19.6. The third kappa shape index (κ3) is 3.49. The van der Waals surface area contributed by atoms with Crippen LogP contribution in [0.4, 0.5) is 0 Å². The van der Waals surface area contributed by atoms with E-state index in [0.29, 0.717) is 62.3 Å². The highest BCUT2D eigenvalue weighted by molar-refractivity contribution is 5.80. The van der Waals surface area contributed by atoms with Crippen LogP contribution in [0.1, 0.15) is 6.42 Å². The fourth-order valence-corrected chi connectivity index (χ4v) is 3.29. The number of aryl methyl sites for hydroxylation is 1. The third-order valence-electron chi connectivity index (χ3n) is 4.83. The molecule has 1 aromatic carbocycles. The Morgan fingerprint density at radius 1 is 1.17 bits per heavy atom. The number of nitrogens with zero attached hydrogens (tertiary/aromatic N) is 6. The van der Waals surface area contributed by atoms with Gasteiger partial charge in [-0.1, -0.05) is 10.4 Å². The molecule has 0 saturated carbocycles. The molecule has 0 aliphatic carbocycles. The molecule has 0 N–H and O–H groups in total. The van der Waals surface area contributed by atoms with Gasteiger partial charge in [0.25, 0.3) is 5.89 Å². The second kappa shape index (κ2) is 7.47. The minimum absolute atomic E-state index is 0.103. The van der Waals surface area contributed by atoms with Gasteiger partial charge in [0.2, 0.25) is 11.7 Å². The van der Waals surface area contributed by atoms with Gasteiger partial charge in [-0.05, 0) is 30.3 Å². The number of hydrogen-bond acceptors (Lipinski definition) is 8. The van der Waals surface area contributed by atoms with E-state index in [1.165, 1.54) is 0 Å². The van der Waals surface area contributed by atoms with Gasteiger partial charge in [0.1, 0.15) is 5.52 Å². The van der Waals surface area contributed by atoms with Gasteiger partial charge in [-0.15, -0.1) is 5.10 Å². The Hall–Kier alpha value is -3.53. The van der Waals surface area contributed by atoms with Gasteiger partial charge in [0, 0.05) is 25.1 Å². The molecule has 10 heteroatoms. The second-order valence-corrected chi connectivity index (χ2v) is 6.66. The summed E-state index contributed by atoms with van der Waals surface area (Å²) in [6.45, 7) is 2.95. The SMILES string of the molecule is O=C(CCn1nnc2cc(-c3noc(-c4ccco4)n3)ccc21)N1CCOCC1. The van der Waals surface area contributed by atoms with Crippen LogP contribution in [0.25, 0.3) is 34.1 Å². The van der Waals surface area contributed by atoms with E-state index in [0.717, 1.165) is 11.1 Å². The molecule has 1 fully saturated rings. The highest BCUT2D eigenvalue weighted by atomic mass is 16.5. The summed E-state index contributed by atoms with van der Waals surface area (Å²) in [7, 11) is 0. The summed E-state index contributed by atoms with van der Waals surface area (Å²) in [5.74, 6) is 1.37. The number of carbonyl (C=O) groups is 1. The zero-order valence-corrected chi connectivity index (χ0v) is 15.5. The molecular weight excluding hydrogens is 376 g/mol. The van der Waals surface area contributed by atoms with Crippen LogP contribution in [-0.2, 0) is 16.1 Å². The van der Waals surface area contributed by atoms with Crippen LogP contribution in [0.2, 0.25) is 0 Å². The van der Waals surface area contributed by atoms with Crippen molar-refractivity contribution in [3.63, 3.8) is 0 Å². The normalized spacial score (nSPS) is 14.6. The number of fused-ring (bicyclic) bond motifs is 1. The smallest absolute Gasteiger partial charge is 0.293 e. The van der Waals surface area contributed by atoms with E-state index < -0.39 is 0 Å². The Labute approximate surface area is 165 Å². The maximum Gasteiger partial charge on any atom is 0.293 e. The number of morpholine rings is 1. The average molecular weight is 394 g/mol. The quantitative estimate of drug-likeness (QED) is 0.505. The van der Waals surface area contributed by atoms with Crippen molar-refractivity contribution >= 4 is 16.9 Å². The number of furan rings is 1. The van der Waals surface area contributed by atoms with Crippen molar-refractivity contribution in [2.45, 2.75) is 13.0 Å². The predicted octanol–water partition coefficient (Wildman–Crippen LogP) is 1.99. The molecule has 0 atom stereocenters. The van der Waals surface area contributed by atoms with Crippen LogP contribution in [-0.4, -0.2) is 62.2 Å². The van der Waals surface area contributed by atoms with Gasteiger partial charge in [-0.25, -0.2) is 4.68 Å². The Morgan fingerprint density at radius 2 is 2.07 bits per heavy atom. The topological polar surface area (TPSA) is 112 Å². The first-order valence-corrected chi connectivity index (χ1v) is 9.35. The molecule has 10 nitrogen and oxygen atoms in total. The van der Waals surface area contributed by atoms with Gasteiger partial charge in [-0.2, -0.15) is 4.98 Å². The summed E-state index contributed by atoms with van der Waals surface area (Å²) in [6.07, 6.45) is 1.92. The van der Waals surface area contributed by atoms with Crippen molar-refractivity contribution in [2.24, 2.45) is 0 Å². The summed E-state index contributed by atoms with van der Waals surface area (Å²) in [5.41, 5.74) is 2.31. The van der Waals surface area contributed by atoms with Gasteiger partial charge >= 0.3 is 0 Å². The van der Waals surface area contributed by atoms with Gasteiger partial charge in [-0.3, -0.25) is 4.79 Å². The molecule has 0 unspecified atom stereocenters. The minimum atomic E-state index is 0.103. The first kappa shape index (κ1) is 17.6. The van der Waals surface area contributed by atoms with E-state index in [2.05, 4.69) is 20.5 Å². The molecule has 1 aliphatic rings. The Morgan fingerprint density at radius 3 is 2.90 bits per heavy atom. The number of aromatic nitrogens is 5. The molecule has 4 heterocycles. The number of ether oxygens (including phenoxy) is 1. The highest BCUT2D eigenvalue weighted by Crippen LogP contribution is 2.24. The molecule has 5 rings (SSSR count). The highest BCUT2D eigenvalue weighted by Gasteiger charge is 2.18. The summed E-state index contributed by atoms with van der Waals surface area (Å²) < 4.78 is 17.6. The van der Waals surface area contributed by atoms with Gasteiger partial charge < -0.3 is 18.6 Å². The minimum Gasteiger partial charge on any atom is -0.459 e. The van der Waals surface area contributed by atoms with E-state index in [1.807, 2.05) is 23.1 Å². The maximum atomic E-state index is 12.3. The summed E-state index contributed by atoms with van der Waals surface area (Å²) >= 11 is 0. The van der Waals surface area contributed by atoms with Crippen LogP contribution in [0.5, 0.6) is 0 Å². The van der Waals surface area contributed by atoms with Gasteiger partial charge in [0.05, 0.1) is 31.5 Å². The van der Waals surface area contributed by atoms with Gasteiger partial charge in [0.15, 0.2) is 5.76 Å². The number of amides is 1. The molecule has 148 valence electrons. The average Bonchev–Trinajstić information content (AvgIpc) is 3.52. The van der Waals surface area contributed by atoms with Crippen LogP contribution in [0.3, 0.4) is 0 Å². The van der Waals surface area contributed by atoms with E-state index in [1.54, 1.807) is 23.1 Å². The molecule has 1 aliphatic heterocycles. The lowest BCUT2D eigenvalue weighted by molar-refractivity contribution is -0.135. The third-order valence-corrected chi connectivity index (χ3v) is 4.83. The first-order chi connectivity index (χ1) is 14.3. The van der Waals surface area contributed by atoms with Crippen molar-refractivity contribution in [3.8, 4) is 23.0 Å². The molecule has 3 aromatic heterocycles. The molecule has 1 saturated heterocycles. The largest absolute Gasteiger partial charge is 0.459 e. The molecule has 0 bridgehead atoms. The van der Waals surface area contributed by atoms with Crippen molar-refractivity contribution in [3.05, 3.63) is 36.6 Å². The fraction of sp³-hybridized carbons (Fsp3) is 0.316. The predicted molar refractivity (Wildman–Crippen MR) is 101 cm³/mol. The summed E-state index contributed by atoms with van der Waals surface area (Å²) in [5, 5.41) is 12.4. The number of hydrogen-bond donors (Lipinski definition) is 0. The van der Waals surface area contributed by atoms with E-state index in [9.17, 15) is 4.79 Å². The van der Waals surface area contributed by atoms with Crippen LogP contribution in [0, 0.1) is 0 Å². The fourth-order valence-electron chi connectivity index (χ4n) is 3.29. The Kier molecular flexibility index (Phi) is 4.53. The number of carbonyl (C=O) groups excluding carboxylic acids is 1. The second-order valence-electron chi connectivity index (χ2n) is 6.66. The Bertz CT molecular complexity index is 1130. The molecule has 4 aromatic rings. The lowest BCUT2D eigenvalue weighted by atomic mass is 10.2. The number of benzene rings is 1. The number of rotatable bonds is 5. The lowest BCUT2D eigenvalue weighted by Gasteiger charge is -2.26. The van der Waals surface area contributed by atoms with Crippen LogP contribution in [0.15, 0.2) is 45.5 Å². The van der Waals surface area contributed by atoms with Crippen molar-refractivity contribution < 1.29 is 18.5 Å². The van der Waals surface area contributed by atoms with Crippen LogP contribution < -0.4 is 0 Å². The first-order valence-electron chi connectivity index (χ1n) is 9.35. The van der Waals surface area contributed by atoms with E-state index >= 15 is 0 Å². The van der Waals surface area contributed by atoms with E-state index in [4.69, 9.17) is 13.7 Å². The lowest BCUT2D eigenvalue weighted by Crippen LogP contribution is -2.41. The molecule has 0 radical (unpaired) electrons. The monoisotopic (exact) mass is 394 g/mol. The van der Waals surface area contributed by atoms with Crippen LogP contribution >= 0.6 is 0 Å². The standard InChI is InChI=1S/C19H18N6O4/c26-17(24-7-10-27-11-8-24)5-6-25-15-4-3-13(12-14(15)21-23-25)18-20-19(29-22-18)16-2-1-9-28-16/h1-4,9,12H,5-8,10-11H2. The zero-order valence-electron chi connectivity index (χ0n) is 15.5. The molecular formula is C19H18N6O4. The maximum absolute atomic E-state index is 12.3. The van der Waals surface area contributed by atoms with Crippen molar-refractivity contribution in [1.29, 1.82) is 0 Å².